The molecule has 1 amide bonds. The molecular weight excluding hydrogens is 262 g/mol. The highest BCUT2D eigenvalue weighted by Gasteiger charge is 2.18. The predicted molar refractivity (Wildman–Crippen MR) is 75.9 cm³/mol. The summed E-state index contributed by atoms with van der Waals surface area (Å²) in [6, 6.07) is 4.14. The van der Waals surface area contributed by atoms with Crippen LogP contribution in [0, 0.1) is 10.1 Å². The van der Waals surface area contributed by atoms with Crippen molar-refractivity contribution in [3.63, 3.8) is 0 Å². The smallest absolute Gasteiger partial charge is 0.292 e. The van der Waals surface area contributed by atoms with Gasteiger partial charge in [0, 0.05) is 32.3 Å². The van der Waals surface area contributed by atoms with E-state index in [0.717, 1.165) is 0 Å². The van der Waals surface area contributed by atoms with E-state index in [2.05, 4.69) is 5.32 Å². The van der Waals surface area contributed by atoms with E-state index in [4.69, 9.17) is 0 Å². The Balaban J connectivity index is 3.06. The number of benzene rings is 1. The van der Waals surface area contributed by atoms with Crippen LogP contribution in [0.25, 0.3) is 0 Å². The SMILES string of the molecule is CCC(O)CNc1cc(C(=O)N(C)C)ccc1[N+](=O)[O-]. The van der Waals surface area contributed by atoms with Gasteiger partial charge in [-0.3, -0.25) is 14.9 Å². The Morgan fingerprint density at radius 3 is 2.65 bits per heavy atom. The number of nitrogens with zero attached hydrogens (tertiary/aromatic N) is 2. The molecule has 1 atom stereocenters. The maximum Gasteiger partial charge on any atom is 0.292 e. The van der Waals surface area contributed by atoms with Crippen LogP contribution in [-0.2, 0) is 0 Å². The first kappa shape index (κ1) is 15.9. The van der Waals surface area contributed by atoms with E-state index >= 15 is 0 Å². The fourth-order valence-corrected chi connectivity index (χ4v) is 1.60. The van der Waals surface area contributed by atoms with Crippen molar-refractivity contribution in [2.24, 2.45) is 0 Å². The highest BCUT2D eigenvalue weighted by molar-refractivity contribution is 5.95. The van der Waals surface area contributed by atoms with E-state index in [1.807, 2.05) is 6.92 Å². The lowest BCUT2D eigenvalue weighted by Gasteiger charge is -2.14. The summed E-state index contributed by atoms with van der Waals surface area (Å²) < 4.78 is 0. The lowest BCUT2D eigenvalue weighted by atomic mass is 10.1. The molecule has 7 heteroatoms. The number of nitrogens with one attached hydrogen (secondary N) is 1. The van der Waals surface area contributed by atoms with Gasteiger partial charge in [0.05, 0.1) is 11.0 Å². The van der Waals surface area contributed by atoms with Crippen molar-refractivity contribution in [2.75, 3.05) is 26.0 Å². The van der Waals surface area contributed by atoms with Gasteiger partial charge in [-0.25, -0.2) is 0 Å². The van der Waals surface area contributed by atoms with Gasteiger partial charge in [-0.1, -0.05) is 6.92 Å². The third-order valence-corrected chi connectivity index (χ3v) is 2.85. The molecule has 0 saturated carbocycles. The Labute approximate surface area is 117 Å². The number of nitro groups is 1. The fraction of sp³-hybridized carbons (Fsp3) is 0.462. The molecule has 1 rings (SSSR count). The number of nitro benzene ring substituents is 1. The lowest BCUT2D eigenvalue weighted by Crippen LogP contribution is -2.22. The van der Waals surface area contributed by atoms with Crippen molar-refractivity contribution in [1.29, 1.82) is 0 Å². The average Bonchev–Trinajstić information content (AvgIpc) is 2.43. The Bertz CT molecular complexity index is 502. The van der Waals surface area contributed by atoms with Crippen LogP contribution < -0.4 is 5.32 Å². The highest BCUT2D eigenvalue weighted by Crippen LogP contribution is 2.26. The fourth-order valence-electron chi connectivity index (χ4n) is 1.60. The molecule has 1 aromatic rings. The predicted octanol–water partition coefficient (Wildman–Crippen LogP) is 1.48. The summed E-state index contributed by atoms with van der Waals surface area (Å²) in [6.45, 7) is 2.00. The Kier molecular flexibility index (Phi) is 5.45. The number of aliphatic hydroxyl groups excluding tert-OH is 1. The van der Waals surface area contributed by atoms with Gasteiger partial charge >= 0.3 is 0 Å². The summed E-state index contributed by atoms with van der Waals surface area (Å²) in [5, 5.41) is 23.3. The van der Waals surface area contributed by atoms with Crippen LogP contribution in [-0.4, -0.2) is 47.6 Å². The largest absolute Gasteiger partial charge is 0.391 e. The molecule has 110 valence electrons. The quantitative estimate of drug-likeness (QED) is 0.608. The molecule has 0 aromatic heterocycles. The molecule has 0 spiro atoms. The summed E-state index contributed by atoms with van der Waals surface area (Å²) in [7, 11) is 3.22. The van der Waals surface area contributed by atoms with Crippen LogP contribution in [0.1, 0.15) is 23.7 Å². The van der Waals surface area contributed by atoms with Gasteiger partial charge in [0.1, 0.15) is 5.69 Å². The summed E-state index contributed by atoms with van der Waals surface area (Å²) in [6.07, 6.45) is -0.0558. The van der Waals surface area contributed by atoms with E-state index in [1.165, 1.54) is 23.1 Å². The second-order valence-corrected chi connectivity index (χ2v) is 4.63. The molecule has 0 heterocycles. The maximum atomic E-state index is 11.9. The van der Waals surface area contributed by atoms with Crippen LogP contribution in [0.3, 0.4) is 0 Å². The zero-order valence-corrected chi connectivity index (χ0v) is 11.8. The van der Waals surface area contributed by atoms with E-state index in [0.29, 0.717) is 12.0 Å². The Morgan fingerprint density at radius 1 is 1.50 bits per heavy atom. The van der Waals surface area contributed by atoms with Crippen LogP contribution in [0.15, 0.2) is 18.2 Å². The number of carbonyl (C=O) groups is 1. The van der Waals surface area contributed by atoms with Gasteiger partial charge in [0.15, 0.2) is 0 Å². The Hall–Kier alpha value is -2.15. The number of rotatable bonds is 6. The summed E-state index contributed by atoms with van der Waals surface area (Å²) in [5.74, 6) is -0.237. The van der Waals surface area contributed by atoms with Crippen molar-refractivity contribution in [3.8, 4) is 0 Å². The summed E-state index contributed by atoms with van der Waals surface area (Å²) in [4.78, 5) is 23.7. The molecule has 0 saturated heterocycles. The van der Waals surface area contributed by atoms with Crippen LogP contribution in [0.4, 0.5) is 11.4 Å². The van der Waals surface area contributed by atoms with Gasteiger partial charge in [0.25, 0.3) is 11.6 Å². The van der Waals surface area contributed by atoms with Gasteiger partial charge in [0.2, 0.25) is 0 Å². The molecule has 0 aliphatic carbocycles. The van der Waals surface area contributed by atoms with Crippen LogP contribution in [0.2, 0.25) is 0 Å². The van der Waals surface area contributed by atoms with Crippen molar-refractivity contribution >= 4 is 17.3 Å². The lowest BCUT2D eigenvalue weighted by molar-refractivity contribution is -0.384. The van der Waals surface area contributed by atoms with Gasteiger partial charge in [-0.15, -0.1) is 0 Å². The van der Waals surface area contributed by atoms with Crippen molar-refractivity contribution in [3.05, 3.63) is 33.9 Å². The van der Waals surface area contributed by atoms with Crippen LogP contribution >= 0.6 is 0 Å². The number of anilines is 1. The second kappa shape index (κ2) is 6.85. The van der Waals surface area contributed by atoms with E-state index < -0.39 is 11.0 Å². The van der Waals surface area contributed by atoms with E-state index in [9.17, 15) is 20.0 Å². The number of amides is 1. The first-order valence-corrected chi connectivity index (χ1v) is 6.28. The first-order valence-electron chi connectivity index (χ1n) is 6.28. The molecular formula is C13H19N3O4. The van der Waals surface area contributed by atoms with Crippen molar-refractivity contribution in [2.45, 2.75) is 19.4 Å². The number of aliphatic hydroxyl groups is 1. The zero-order chi connectivity index (χ0) is 15.3. The topological polar surface area (TPSA) is 95.7 Å². The van der Waals surface area contributed by atoms with Gasteiger partial charge < -0.3 is 15.3 Å². The standard InChI is InChI=1S/C13H19N3O4/c1-4-10(17)8-14-11-7-9(13(18)15(2)3)5-6-12(11)16(19)20/h5-7,10,14,17H,4,8H2,1-3H3. The third-order valence-electron chi connectivity index (χ3n) is 2.85. The van der Waals surface area contributed by atoms with Crippen molar-refractivity contribution in [1.82, 2.24) is 4.90 Å². The second-order valence-electron chi connectivity index (χ2n) is 4.63. The maximum absolute atomic E-state index is 11.9. The molecule has 1 aromatic carbocycles. The monoisotopic (exact) mass is 281 g/mol. The highest BCUT2D eigenvalue weighted by atomic mass is 16.6. The molecule has 0 aliphatic heterocycles. The number of hydrogen-bond donors (Lipinski definition) is 2. The molecule has 7 nitrogen and oxygen atoms in total. The van der Waals surface area contributed by atoms with E-state index in [1.54, 1.807) is 14.1 Å². The number of carbonyl (C=O) groups excluding carboxylic acids is 1. The van der Waals surface area contributed by atoms with Crippen molar-refractivity contribution < 1.29 is 14.8 Å². The normalized spacial score (nSPS) is 11.8. The van der Waals surface area contributed by atoms with Gasteiger partial charge in [-0.2, -0.15) is 0 Å². The molecule has 0 aliphatic rings. The average molecular weight is 281 g/mol. The molecule has 20 heavy (non-hydrogen) atoms. The molecule has 0 bridgehead atoms. The van der Waals surface area contributed by atoms with E-state index in [-0.39, 0.29) is 23.8 Å². The summed E-state index contributed by atoms with van der Waals surface area (Å²) in [5.41, 5.74) is 0.466. The minimum absolute atomic E-state index is 0.122. The zero-order valence-electron chi connectivity index (χ0n) is 11.8. The molecule has 0 radical (unpaired) electrons. The minimum Gasteiger partial charge on any atom is -0.391 e. The van der Waals surface area contributed by atoms with Gasteiger partial charge in [-0.05, 0) is 18.6 Å². The first-order chi connectivity index (χ1) is 9.36. The molecule has 2 N–H and O–H groups in total. The van der Waals surface area contributed by atoms with Crippen LogP contribution in [0.5, 0.6) is 0 Å². The third kappa shape index (κ3) is 3.92. The molecule has 1 unspecified atom stereocenters. The molecule has 0 fully saturated rings. The summed E-state index contributed by atoms with van der Waals surface area (Å²) >= 11 is 0. The number of hydrogen-bond acceptors (Lipinski definition) is 5. The Morgan fingerprint density at radius 2 is 2.15 bits per heavy atom. The minimum atomic E-state index is -0.595.